The number of hydrogen-bond donors (Lipinski definition) is 0. The lowest BCUT2D eigenvalue weighted by Crippen LogP contribution is -1.96. The van der Waals surface area contributed by atoms with Crippen LogP contribution in [0.15, 0.2) is 142 Å². The Morgan fingerprint density at radius 2 is 0.958 bits per heavy atom. The molecular weight excluding hydrogens is 602 g/mol. The molecular formula is C42H22F2N2O2. The van der Waals surface area contributed by atoms with Crippen LogP contribution in [0.25, 0.3) is 99.2 Å². The van der Waals surface area contributed by atoms with E-state index in [0.29, 0.717) is 16.7 Å². The second kappa shape index (κ2) is 10.0. The van der Waals surface area contributed by atoms with Crippen LogP contribution in [0.5, 0.6) is 0 Å². The molecule has 0 fully saturated rings. The van der Waals surface area contributed by atoms with Crippen LogP contribution in [-0.4, -0.2) is 9.97 Å². The average Bonchev–Trinajstić information content (AvgIpc) is 3.72. The van der Waals surface area contributed by atoms with Gasteiger partial charge in [0.15, 0.2) is 11.6 Å². The zero-order valence-electron chi connectivity index (χ0n) is 25.2. The van der Waals surface area contributed by atoms with E-state index >= 15 is 4.39 Å². The highest BCUT2D eigenvalue weighted by Crippen LogP contribution is 2.42. The van der Waals surface area contributed by atoms with Gasteiger partial charge >= 0.3 is 0 Å². The molecule has 0 radical (unpaired) electrons. The van der Waals surface area contributed by atoms with Gasteiger partial charge < -0.3 is 8.83 Å². The molecule has 226 valence electrons. The van der Waals surface area contributed by atoms with Crippen molar-refractivity contribution in [3.05, 3.63) is 145 Å². The average molecular weight is 625 g/mol. The van der Waals surface area contributed by atoms with E-state index in [2.05, 4.69) is 59.6 Å². The van der Waals surface area contributed by atoms with Crippen molar-refractivity contribution in [1.29, 1.82) is 0 Å². The van der Waals surface area contributed by atoms with E-state index in [9.17, 15) is 4.39 Å². The van der Waals surface area contributed by atoms with Crippen LogP contribution in [0, 0.1) is 11.6 Å². The standard InChI is InChI=1S/C42H22F2N2O2/c43-37-32-14-7-19-45-39(32)40-33(38(37)44)17-18-34(46-40)25-21-23(26-10-5-12-30-28-8-1-3-15-35(28)47-41(26)30)20-24(22-25)27-11-6-13-31-29-9-2-4-16-36(29)48-42(27)31/h1-22H. The predicted molar refractivity (Wildman–Crippen MR) is 188 cm³/mol. The first-order valence-electron chi connectivity index (χ1n) is 15.6. The molecule has 0 N–H and O–H groups in total. The van der Waals surface area contributed by atoms with E-state index in [0.717, 1.165) is 71.7 Å². The maximum Gasteiger partial charge on any atom is 0.168 e. The van der Waals surface area contributed by atoms with Crippen molar-refractivity contribution in [3.63, 3.8) is 0 Å². The third-order valence-corrected chi connectivity index (χ3v) is 9.25. The van der Waals surface area contributed by atoms with Gasteiger partial charge in [0.2, 0.25) is 0 Å². The zero-order chi connectivity index (χ0) is 31.9. The summed E-state index contributed by atoms with van der Waals surface area (Å²) in [5, 5.41) is 4.31. The van der Waals surface area contributed by atoms with Crippen LogP contribution < -0.4 is 0 Å². The first kappa shape index (κ1) is 26.8. The Morgan fingerprint density at radius 1 is 0.438 bits per heavy atom. The highest BCUT2D eigenvalue weighted by atomic mass is 19.2. The summed E-state index contributed by atoms with van der Waals surface area (Å²) in [7, 11) is 0. The number of rotatable bonds is 3. The van der Waals surface area contributed by atoms with E-state index in [-0.39, 0.29) is 10.8 Å². The third kappa shape index (κ3) is 3.86. The van der Waals surface area contributed by atoms with Gasteiger partial charge in [0, 0.05) is 55.2 Å². The molecule has 0 unspecified atom stereocenters. The lowest BCUT2D eigenvalue weighted by molar-refractivity contribution is 0.525. The minimum atomic E-state index is -0.938. The molecule has 4 heterocycles. The molecule has 0 saturated carbocycles. The molecule has 6 heteroatoms. The maximum absolute atomic E-state index is 15.2. The van der Waals surface area contributed by atoms with Gasteiger partial charge in [-0.05, 0) is 65.7 Å². The largest absolute Gasteiger partial charge is 0.455 e. The van der Waals surface area contributed by atoms with Crippen molar-refractivity contribution in [3.8, 4) is 33.5 Å². The minimum absolute atomic E-state index is 0.0814. The monoisotopic (exact) mass is 624 g/mol. The van der Waals surface area contributed by atoms with E-state index in [1.807, 2.05) is 48.5 Å². The topological polar surface area (TPSA) is 52.1 Å². The molecule has 0 aliphatic rings. The molecule has 10 rings (SSSR count). The SMILES string of the molecule is Fc1c(F)c2ccc(-c3cc(-c4cccc5c4oc4ccccc45)cc(-c4cccc5c4oc4ccccc45)c3)nc2c2ncccc12. The Balaban J connectivity index is 1.27. The number of benzene rings is 6. The van der Waals surface area contributed by atoms with E-state index in [4.69, 9.17) is 13.8 Å². The molecule has 4 aromatic heterocycles. The Bertz CT molecular complexity index is 2810. The normalized spacial score (nSPS) is 12.0. The van der Waals surface area contributed by atoms with Crippen LogP contribution >= 0.6 is 0 Å². The fourth-order valence-corrected chi connectivity index (χ4v) is 7.02. The molecule has 6 aromatic carbocycles. The second-order valence-electron chi connectivity index (χ2n) is 12.0. The molecule has 0 amide bonds. The third-order valence-electron chi connectivity index (χ3n) is 9.25. The summed E-state index contributed by atoms with van der Waals surface area (Å²) in [6.45, 7) is 0. The van der Waals surface area contributed by atoms with Crippen LogP contribution in [0.2, 0.25) is 0 Å². The molecule has 0 aliphatic carbocycles. The summed E-state index contributed by atoms with van der Waals surface area (Å²) >= 11 is 0. The Labute approximate surface area is 271 Å². The fourth-order valence-electron chi connectivity index (χ4n) is 7.02. The number of hydrogen-bond acceptors (Lipinski definition) is 4. The number of para-hydroxylation sites is 4. The molecule has 0 atom stereocenters. The zero-order valence-corrected chi connectivity index (χ0v) is 25.2. The Hall–Kier alpha value is -6.40. The molecule has 0 aliphatic heterocycles. The summed E-state index contributed by atoms with van der Waals surface area (Å²) in [5.41, 5.74) is 8.85. The Morgan fingerprint density at radius 3 is 1.58 bits per heavy atom. The summed E-state index contributed by atoms with van der Waals surface area (Å²) in [5.74, 6) is -1.87. The summed E-state index contributed by atoms with van der Waals surface area (Å²) in [6, 6.07) is 41.0. The molecule has 0 bridgehead atoms. The van der Waals surface area contributed by atoms with Gasteiger partial charge in [-0.15, -0.1) is 0 Å². The number of halogens is 2. The smallest absolute Gasteiger partial charge is 0.168 e. The summed E-state index contributed by atoms with van der Waals surface area (Å²) in [6.07, 6.45) is 1.56. The van der Waals surface area contributed by atoms with Crippen molar-refractivity contribution < 1.29 is 17.6 Å². The lowest BCUT2D eigenvalue weighted by Gasteiger charge is -2.13. The van der Waals surface area contributed by atoms with Gasteiger partial charge in [0.1, 0.15) is 27.8 Å². The van der Waals surface area contributed by atoms with E-state index in [1.165, 1.54) is 6.07 Å². The Kier molecular flexibility index (Phi) is 5.61. The van der Waals surface area contributed by atoms with E-state index < -0.39 is 11.6 Å². The molecule has 0 saturated heterocycles. The maximum atomic E-state index is 15.2. The van der Waals surface area contributed by atoms with Crippen LogP contribution in [0.1, 0.15) is 0 Å². The molecule has 48 heavy (non-hydrogen) atoms. The molecule has 4 nitrogen and oxygen atoms in total. The summed E-state index contributed by atoms with van der Waals surface area (Å²) in [4.78, 5) is 9.32. The number of nitrogens with zero attached hydrogens (tertiary/aromatic N) is 2. The quantitative estimate of drug-likeness (QED) is 0.184. The number of fused-ring (bicyclic) bond motifs is 9. The van der Waals surface area contributed by atoms with Crippen LogP contribution in [-0.2, 0) is 0 Å². The molecule has 10 aromatic rings. The summed E-state index contributed by atoms with van der Waals surface area (Å²) < 4.78 is 43.1. The number of pyridine rings is 2. The second-order valence-corrected chi connectivity index (χ2v) is 12.0. The highest BCUT2D eigenvalue weighted by molar-refractivity contribution is 6.12. The van der Waals surface area contributed by atoms with Crippen LogP contribution in [0.4, 0.5) is 8.78 Å². The van der Waals surface area contributed by atoms with Crippen molar-refractivity contribution in [2.45, 2.75) is 0 Å². The van der Waals surface area contributed by atoms with Gasteiger partial charge in [-0.2, -0.15) is 0 Å². The van der Waals surface area contributed by atoms with Gasteiger partial charge in [-0.3, -0.25) is 4.98 Å². The van der Waals surface area contributed by atoms with Crippen molar-refractivity contribution in [1.82, 2.24) is 9.97 Å². The fraction of sp³-hybridized carbons (Fsp3) is 0. The number of aromatic nitrogens is 2. The van der Waals surface area contributed by atoms with Crippen molar-refractivity contribution >= 4 is 65.7 Å². The minimum Gasteiger partial charge on any atom is -0.455 e. The number of furan rings is 2. The van der Waals surface area contributed by atoms with Gasteiger partial charge in [0.25, 0.3) is 0 Å². The van der Waals surface area contributed by atoms with Gasteiger partial charge in [-0.1, -0.05) is 72.8 Å². The van der Waals surface area contributed by atoms with E-state index in [1.54, 1.807) is 24.4 Å². The lowest BCUT2D eigenvalue weighted by atomic mass is 9.93. The van der Waals surface area contributed by atoms with Crippen molar-refractivity contribution in [2.75, 3.05) is 0 Å². The van der Waals surface area contributed by atoms with Crippen LogP contribution in [0.3, 0.4) is 0 Å². The first-order valence-corrected chi connectivity index (χ1v) is 15.6. The van der Waals surface area contributed by atoms with Crippen molar-refractivity contribution in [2.24, 2.45) is 0 Å². The molecule has 0 spiro atoms. The van der Waals surface area contributed by atoms with Gasteiger partial charge in [-0.25, -0.2) is 13.8 Å². The first-order chi connectivity index (χ1) is 23.6. The predicted octanol–water partition coefficient (Wildman–Crippen LogP) is 11.9. The van der Waals surface area contributed by atoms with Gasteiger partial charge in [0.05, 0.1) is 11.2 Å². The highest BCUT2D eigenvalue weighted by Gasteiger charge is 2.20.